The van der Waals surface area contributed by atoms with Crippen LogP contribution in [0.3, 0.4) is 0 Å². The van der Waals surface area contributed by atoms with Crippen molar-refractivity contribution in [1.29, 1.82) is 0 Å². The normalized spacial score (nSPS) is 18.8. The molecule has 7 nitrogen and oxygen atoms in total. The van der Waals surface area contributed by atoms with E-state index in [1.807, 2.05) is 48.0 Å². The first kappa shape index (κ1) is 21.1. The third-order valence-electron chi connectivity index (χ3n) is 5.95. The number of hydrogen-bond acceptors (Lipinski definition) is 4. The number of amides is 2. The SMILES string of the molecule is CC(N=C1C(C(N)=O)=Cn2cc(-c3ccc(N4CCOCC4=O)cc3)cc21)C(C)(C)C. The average molecular weight is 421 g/mol. The quantitative estimate of drug-likeness (QED) is 0.824. The van der Waals surface area contributed by atoms with E-state index in [1.54, 1.807) is 11.1 Å². The summed E-state index contributed by atoms with van der Waals surface area (Å²) < 4.78 is 7.11. The zero-order chi connectivity index (χ0) is 22.3. The molecule has 1 aromatic heterocycles. The summed E-state index contributed by atoms with van der Waals surface area (Å²) in [6.45, 7) is 9.64. The molecule has 7 heteroatoms. The van der Waals surface area contributed by atoms with E-state index in [9.17, 15) is 9.59 Å². The van der Waals surface area contributed by atoms with Gasteiger partial charge >= 0.3 is 0 Å². The summed E-state index contributed by atoms with van der Waals surface area (Å²) in [5, 5.41) is 0. The number of rotatable bonds is 4. The number of nitrogens with two attached hydrogens (primary N) is 1. The summed E-state index contributed by atoms with van der Waals surface area (Å²) in [5.74, 6) is -0.510. The minimum Gasteiger partial charge on any atom is -0.370 e. The minimum atomic E-state index is -0.482. The molecular weight excluding hydrogens is 392 g/mol. The fourth-order valence-corrected chi connectivity index (χ4v) is 3.60. The van der Waals surface area contributed by atoms with E-state index >= 15 is 0 Å². The molecule has 0 bridgehead atoms. The molecule has 1 atom stereocenters. The van der Waals surface area contributed by atoms with Gasteiger partial charge in [-0.3, -0.25) is 14.6 Å². The molecule has 4 rings (SSSR count). The van der Waals surface area contributed by atoms with Crippen molar-refractivity contribution < 1.29 is 14.3 Å². The summed E-state index contributed by atoms with van der Waals surface area (Å²) >= 11 is 0. The van der Waals surface area contributed by atoms with Crippen LogP contribution in [0.5, 0.6) is 0 Å². The highest BCUT2D eigenvalue weighted by Crippen LogP contribution is 2.31. The van der Waals surface area contributed by atoms with Crippen molar-refractivity contribution in [3.05, 3.63) is 47.8 Å². The number of fused-ring (bicyclic) bond motifs is 1. The van der Waals surface area contributed by atoms with Gasteiger partial charge in [0.05, 0.1) is 29.6 Å². The number of primary amides is 1. The average Bonchev–Trinajstić information content (AvgIpc) is 3.27. The Labute approximate surface area is 182 Å². The third-order valence-corrected chi connectivity index (χ3v) is 5.95. The molecule has 1 aromatic carbocycles. The zero-order valence-electron chi connectivity index (χ0n) is 18.4. The third kappa shape index (κ3) is 4.05. The number of hydrogen-bond donors (Lipinski definition) is 1. The van der Waals surface area contributed by atoms with Crippen molar-refractivity contribution in [3.8, 4) is 11.1 Å². The fraction of sp³-hybridized carbons (Fsp3) is 0.375. The Morgan fingerprint density at radius 3 is 2.52 bits per heavy atom. The van der Waals surface area contributed by atoms with E-state index in [-0.39, 0.29) is 24.0 Å². The van der Waals surface area contributed by atoms with Gasteiger partial charge < -0.3 is 19.9 Å². The van der Waals surface area contributed by atoms with Crippen LogP contribution in [0.2, 0.25) is 0 Å². The van der Waals surface area contributed by atoms with Crippen molar-refractivity contribution in [2.75, 3.05) is 24.7 Å². The number of carbonyl (C=O) groups is 2. The summed E-state index contributed by atoms with van der Waals surface area (Å²) in [7, 11) is 0. The first-order valence-corrected chi connectivity index (χ1v) is 10.5. The van der Waals surface area contributed by atoms with Crippen LogP contribution in [0.1, 0.15) is 33.4 Å². The van der Waals surface area contributed by atoms with Gasteiger partial charge in [-0.1, -0.05) is 32.9 Å². The topological polar surface area (TPSA) is 89.9 Å². The first-order chi connectivity index (χ1) is 14.6. The lowest BCUT2D eigenvalue weighted by Gasteiger charge is -2.26. The Hall–Kier alpha value is -3.19. The van der Waals surface area contributed by atoms with Crippen molar-refractivity contribution in [2.24, 2.45) is 16.1 Å². The molecule has 2 aromatic rings. The predicted molar refractivity (Wildman–Crippen MR) is 122 cm³/mol. The zero-order valence-corrected chi connectivity index (χ0v) is 18.4. The van der Waals surface area contributed by atoms with Crippen LogP contribution in [-0.4, -0.2) is 47.9 Å². The number of benzene rings is 1. The lowest BCUT2D eigenvalue weighted by molar-refractivity contribution is -0.125. The lowest BCUT2D eigenvalue weighted by atomic mass is 9.88. The van der Waals surface area contributed by atoms with Crippen molar-refractivity contribution in [2.45, 2.75) is 33.7 Å². The highest BCUT2D eigenvalue weighted by molar-refractivity contribution is 6.31. The molecular formula is C24H28N4O3. The van der Waals surface area contributed by atoms with Crippen molar-refractivity contribution in [1.82, 2.24) is 4.57 Å². The maximum Gasteiger partial charge on any atom is 0.253 e. The van der Waals surface area contributed by atoms with Gasteiger partial charge in [-0.05, 0) is 36.1 Å². The number of carbonyl (C=O) groups excluding carboxylic acids is 2. The monoisotopic (exact) mass is 420 g/mol. The van der Waals surface area contributed by atoms with Gasteiger partial charge in [-0.2, -0.15) is 0 Å². The number of nitrogens with zero attached hydrogens (tertiary/aromatic N) is 3. The van der Waals surface area contributed by atoms with Crippen LogP contribution in [0.4, 0.5) is 5.69 Å². The summed E-state index contributed by atoms with van der Waals surface area (Å²) in [4.78, 5) is 30.7. The number of ether oxygens (including phenoxy) is 1. The molecule has 1 fully saturated rings. The van der Waals surface area contributed by atoms with Gasteiger partial charge in [-0.25, -0.2) is 0 Å². The van der Waals surface area contributed by atoms with Gasteiger partial charge in [0.15, 0.2) is 0 Å². The van der Waals surface area contributed by atoms with Gasteiger partial charge in [0.25, 0.3) is 11.8 Å². The molecule has 1 unspecified atom stereocenters. The minimum absolute atomic E-state index is 0.0143. The van der Waals surface area contributed by atoms with E-state index in [2.05, 4.69) is 20.8 Å². The maximum absolute atomic E-state index is 12.1. The predicted octanol–water partition coefficient (Wildman–Crippen LogP) is 3.08. The molecule has 1 saturated heterocycles. The molecule has 2 aliphatic rings. The Balaban J connectivity index is 1.66. The second kappa shape index (κ2) is 7.81. The van der Waals surface area contributed by atoms with E-state index in [4.69, 9.17) is 15.5 Å². The Morgan fingerprint density at radius 2 is 1.90 bits per heavy atom. The van der Waals surface area contributed by atoms with Crippen LogP contribution >= 0.6 is 0 Å². The number of anilines is 1. The summed E-state index contributed by atoms with van der Waals surface area (Å²) in [5.41, 5.74) is 10.4. The molecule has 0 aliphatic carbocycles. The molecule has 3 heterocycles. The smallest absolute Gasteiger partial charge is 0.253 e. The fourth-order valence-electron chi connectivity index (χ4n) is 3.60. The molecule has 2 N–H and O–H groups in total. The second-order valence-electron chi connectivity index (χ2n) is 9.09. The molecule has 0 spiro atoms. The van der Waals surface area contributed by atoms with Crippen LogP contribution in [0, 0.1) is 5.41 Å². The number of aromatic nitrogens is 1. The van der Waals surface area contributed by atoms with Crippen molar-refractivity contribution >= 4 is 29.4 Å². The van der Waals surface area contributed by atoms with Crippen LogP contribution in [0.15, 0.2) is 47.1 Å². The van der Waals surface area contributed by atoms with Crippen LogP contribution in [-0.2, 0) is 14.3 Å². The largest absolute Gasteiger partial charge is 0.370 e. The van der Waals surface area contributed by atoms with Gasteiger partial charge in [-0.15, -0.1) is 0 Å². The van der Waals surface area contributed by atoms with Crippen molar-refractivity contribution in [3.63, 3.8) is 0 Å². The second-order valence-corrected chi connectivity index (χ2v) is 9.09. The summed E-state index contributed by atoms with van der Waals surface area (Å²) in [6.07, 6.45) is 3.72. The molecule has 31 heavy (non-hydrogen) atoms. The van der Waals surface area contributed by atoms with Gasteiger partial charge in [0.1, 0.15) is 6.61 Å². The Kier molecular flexibility index (Phi) is 5.31. The number of aliphatic imine (C=N–C) groups is 1. The number of morpholine rings is 1. The lowest BCUT2D eigenvalue weighted by Crippen LogP contribution is -2.41. The molecule has 2 aliphatic heterocycles. The molecule has 2 amide bonds. The van der Waals surface area contributed by atoms with Gasteiger partial charge in [0.2, 0.25) is 0 Å². The first-order valence-electron chi connectivity index (χ1n) is 10.5. The van der Waals surface area contributed by atoms with Gasteiger partial charge in [0, 0.05) is 30.2 Å². The summed E-state index contributed by atoms with van der Waals surface area (Å²) in [6, 6.07) is 9.92. The van der Waals surface area contributed by atoms with E-state index in [1.165, 1.54) is 0 Å². The Morgan fingerprint density at radius 1 is 1.19 bits per heavy atom. The van der Waals surface area contributed by atoms with E-state index < -0.39 is 5.91 Å². The Bertz CT molecular complexity index is 1090. The molecule has 0 radical (unpaired) electrons. The van der Waals surface area contributed by atoms with Crippen LogP contribution < -0.4 is 10.6 Å². The highest BCUT2D eigenvalue weighted by atomic mass is 16.5. The molecule has 162 valence electrons. The van der Waals surface area contributed by atoms with E-state index in [0.29, 0.717) is 24.4 Å². The van der Waals surface area contributed by atoms with Crippen LogP contribution in [0.25, 0.3) is 17.3 Å². The standard InChI is InChI=1S/C24H28N4O3/c1-15(24(2,3)4)26-22-19(23(25)30)13-27-12-17(11-20(22)27)16-5-7-18(8-6-16)28-9-10-31-14-21(28)29/h5-8,11-13,15H,9-10,14H2,1-4H3,(H2,25,30). The molecule has 0 saturated carbocycles. The van der Waals surface area contributed by atoms with E-state index in [0.717, 1.165) is 22.5 Å². The highest BCUT2D eigenvalue weighted by Gasteiger charge is 2.29. The maximum atomic E-state index is 12.1.